The number of nitrogens with one attached hydrogen (secondary N) is 1. The number of halogens is 2. The third-order valence-electron chi connectivity index (χ3n) is 1.35. The van der Waals surface area contributed by atoms with Gasteiger partial charge in [-0.2, -0.15) is 5.10 Å². The van der Waals surface area contributed by atoms with E-state index in [4.69, 9.17) is 0 Å². The molecule has 0 radical (unpaired) electrons. The maximum atomic E-state index is 12.1. The van der Waals surface area contributed by atoms with Crippen molar-refractivity contribution in [3.8, 4) is 0 Å². The van der Waals surface area contributed by atoms with Crippen molar-refractivity contribution in [3.63, 3.8) is 0 Å². The summed E-state index contributed by atoms with van der Waals surface area (Å²) in [7, 11) is 0. The van der Waals surface area contributed by atoms with Crippen molar-refractivity contribution in [1.82, 2.24) is 5.43 Å². The lowest BCUT2D eigenvalue weighted by atomic mass is 10.1. The predicted molar refractivity (Wildman–Crippen MR) is 39.5 cm³/mol. The van der Waals surface area contributed by atoms with Crippen LogP contribution in [0.2, 0.25) is 0 Å². The van der Waals surface area contributed by atoms with Crippen molar-refractivity contribution in [2.75, 3.05) is 0 Å². The van der Waals surface area contributed by atoms with Gasteiger partial charge in [0.15, 0.2) is 0 Å². The minimum Gasteiger partial charge on any atom is -0.279 e. The molecule has 60 valence electrons. The number of hydrogen-bond acceptors (Lipinski definition) is 2. The Hall–Kier alpha value is -1.19. The van der Waals surface area contributed by atoms with E-state index < -0.39 is 6.43 Å². The fourth-order valence-electron chi connectivity index (χ4n) is 0.766. The standard InChI is InChI=1S/C7H8F2N2/c1-4-3-6(7(8)9)5(2)11-10-4/h3,7,10H,1H2,2H3. The number of rotatable bonds is 1. The van der Waals surface area contributed by atoms with Crippen LogP contribution >= 0.6 is 0 Å². The Balaban J connectivity index is 2.90. The molecule has 1 heterocycles. The minimum absolute atomic E-state index is 0.0613. The molecule has 0 fully saturated rings. The second-order valence-electron chi connectivity index (χ2n) is 2.23. The minimum atomic E-state index is -2.47. The van der Waals surface area contributed by atoms with Crippen LogP contribution in [0.4, 0.5) is 8.78 Å². The highest BCUT2D eigenvalue weighted by molar-refractivity contribution is 5.99. The van der Waals surface area contributed by atoms with Gasteiger partial charge in [0.25, 0.3) is 6.43 Å². The second kappa shape index (κ2) is 2.82. The first-order chi connectivity index (χ1) is 5.11. The lowest BCUT2D eigenvalue weighted by Crippen LogP contribution is -2.18. The van der Waals surface area contributed by atoms with E-state index in [1.54, 1.807) is 0 Å². The van der Waals surface area contributed by atoms with Gasteiger partial charge in [0.2, 0.25) is 0 Å². The van der Waals surface area contributed by atoms with Crippen molar-refractivity contribution in [1.29, 1.82) is 0 Å². The van der Waals surface area contributed by atoms with E-state index in [9.17, 15) is 8.78 Å². The van der Waals surface area contributed by atoms with Crippen LogP contribution in [0, 0.1) is 0 Å². The Bertz CT molecular complexity index is 241. The van der Waals surface area contributed by atoms with E-state index in [1.807, 2.05) is 0 Å². The number of allylic oxidation sites excluding steroid dienone is 2. The Morgan fingerprint density at radius 1 is 1.64 bits per heavy atom. The molecule has 0 saturated heterocycles. The number of alkyl halides is 2. The molecule has 0 spiro atoms. The summed E-state index contributed by atoms with van der Waals surface area (Å²) in [6.45, 7) is 4.98. The summed E-state index contributed by atoms with van der Waals surface area (Å²) in [5, 5.41) is 3.63. The highest BCUT2D eigenvalue weighted by Crippen LogP contribution is 2.15. The monoisotopic (exact) mass is 158 g/mol. The van der Waals surface area contributed by atoms with E-state index >= 15 is 0 Å². The molecule has 0 saturated carbocycles. The van der Waals surface area contributed by atoms with Gasteiger partial charge in [-0.3, -0.25) is 5.43 Å². The number of hydrazone groups is 1. The van der Waals surface area contributed by atoms with Gasteiger partial charge in [0, 0.05) is 11.3 Å². The van der Waals surface area contributed by atoms with E-state index in [1.165, 1.54) is 13.0 Å². The van der Waals surface area contributed by atoms with Gasteiger partial charge in [-0.15, -0.1) is 0 Å². The van der Waals surface area contributed by atoms with Gasteiger partial charge in [0.05, 0.1) is 5.71 Å². The van der Waals surface area contributed by atoms with Crippen molar-refractivity contribution in [3.05, 3.63) is 23.9 Å². The zero-order valence-corrected chi connectivity index (χ0v) is 6.06. The SMILES string of the molecule is C=C1C=C(C(F)F)C(C)=NN1. The first-order valence-corrected chi connectivity index (χ1v) is 3.10. The van der Waals surface area contributed by atoms with Crippen LogP contribution in [0.5, 0.6) is 0 Å². The third-order valence-corrected chi connectivity index (χ3v) is 1.35. The fraction of sp³-hybridized carbons (Fsp3) is 0.286. The average Bonchev–Trinajstić information content (AvgIpc) is 1.94. The lowest BCUT2D eigenvalue weighted by molar-refractivity contribution is 0.196. The Labute approximate surface area is 63.3 Å². The summed E-state index contributed by atoms with van der Waals surface area (Å²) in [6.07, 6.45) is -1.18. The van der Waals surface area contributed by atoms with Crippen molar-refractivity contribution < 1.29 is 8.78 Å². The van der Waals surface area contributed by atoms with Crippen LogP contribution in [-0.2, 0) is 0 Å². The molecule has 0 bridgehead atoms. The smallest absolute Gasteiger partial charge is 0.265 e. The largest absolute Gasteiger partial charge is 0.279 e. The molecular weight excluding hydrogens is 150 g/mol. The highest BCUT2D eigenvalue weighted by atomic mass is 19.3. The number of hydrogen-bond donors (Lipinski definition) is 1. The molecular formula is C7H8F2N2. The quantitative estimate of drug-likeness (QED) is 0.616. The van der Waals surface area contributed by atoms with Crippen molar-refractivity contribution in [2.24, 2.45) is 5.10 Å². The second-order valence-corrected chi connectivity index (χ2v) is 2.23. The Morgan fingerprint density at radius 3 is 2.73 bits per heavy atom. The lowest BCUT2D eigenvalue weighted by Gasteiger charge is -2.12. The molecule has 0 aliphatic carbocycles. The van der Waals surface area contributed by atoms with Gasteiger partial charge >= 0.3 is 0 Å². The van der Waals surface area contributed by atoms with Gasteiger partial charge in [-0.25, -0.2) is 8.78 Å². The van der Waals surface area contributed by atoms with Crippen LogP contribution in [0.25, 0.3) is 0 Å². The van der Waals surface area contributed by atoms with Gasteiger partial charge < -0.3 is 0 Å². The molecule has 11 heavy (non-hydrogen) atoms. The first kappa shape index (κ1) is 7.91. The van der Waals surface area contributed by atoms with Crippen LogP contribution in [0.1, 0.15) is 6.92 Å². The average molecular weight is 158 g/mol. The van der Waals surface area contributed by atoms with E-state index in [2.05, 4.69) is 17.1 Å². The molecule has 0 atom stereocenters. The summed E-state index contributed by atoms with van der Waals surface area (Å²) in [5.41, 5.74) is 3.15. The summed E-state index contributed by atoms with van der Waals surface area (Å²) < 4.78 is 24.3. The van der Waals surface area contributed by atoms with E-state index in [0.717, 1.165) is 0 Å². The number of nitrogens with zero attached hydrogens (tertiary/aromatic N) is 1. The van der Waals surface area contributed by atoms with Gasteiger partial charge in [-0.05, 0) is 13.0 Å². The van der Waals surface area contributed by atoms with Crippen LogP contribution in [-0.4, -0.2) is 12.1 Å². The maximum Gasteiger partial charge on any atom is 0.265 e. The van der Waals surface area contributed by atoms with Gasteiger partial charge in [-0.1, -0.05) is 6.58 Å². The van der Waals surface area contributed by atoms with Crippen LogP contribution < -0.4 is 5.43 Å². The fourth-order valence-corrected chi connectivity index (χ4v) is 0.766. The molecule has 2 nitrogen and oxygen atoms in total. The van der Waals surface area contributed by atoms with Crippen LogP contribution in [0.15, 0.2) is 29.0 Å². The molecule has 1 aliphatic heterocycles. The van der Waals surface area contributed by atoms with Crippen LogP contribution in [0.3, 0.4) is 0 Å². The van der Waals surface area contributed by atoms with Gasteiger partial charge in [0.1, 0.15) is 0 Å². The highest BCUT2D eigenvalue weighted by Gasteiger charge is 2.16. The molecule has 0 aromatic carbocycles. The van der Waals surface area contributed by atoms with E-state index in [0.29, 0.717) is 11.4 Å². The molecule has 1 N–H and O–H groups in total. The Kier molecular flexibility index (Phi) is 2.03. The zero-order valence-electron chi connectivity index (χ0n) is 6.06. The summed E-state index contributed by atoms with van der Waals surface area (Å²) in [4.78, 5) is 0. The third kappa shape index (κ3) is 1.63. The summed E-state index contributed by atoms with van der Waals surface area (Å²) in [5.74, 6) is 0. The van der Waals surface area contributed by atoms with E-state index in [-0.39, 0.29) is 5.57 Å². The molecule has 1 rings (SSSR count). The first-order valence-electron chi connectivity index (χ1n) is 3.10. The van der Waals surface area contributed by atoms with Crippen molar-refractivity contribution in [2.45, 2.75) is 13.3 Å². The molecule has 1 aliphatic rings. The van der Waals surface area contributed by atoms with Crippen molar-refractivity contribution >= 4 is 5.71 Å². The topological polar surface area (TPSA) is 24.4 Å². The molecule has 0 aromatic rings. The summed E-state index contributed by atoms with van der Waals surface area (Å²) in [6, 6.07) is 0. The molecule has 0 unspecified atom stereocenters. The normalized spacial score (nSPS) is 17.6. The predicted octanol–water partition coefficient (Wildman–Crippen LogP) is 1.67. The molecule has 0 amide bonds. The zero-order chi connectivity index (χ0) is 8.43. The summed E-state index contributed by atoms with van der Waals surface area (Å²) >= 11 is 0. The maximum absolute atomic E-state index is 12.1. The molecule has 0 aromatic heterocycles. The Morgan fingerprint density at radius 2 is 2.27 bits per heavy atom. The molecule has 4 heteroatoms.